The molecule has 1 amide bonds. The van der Waals surface area contributed by atoms with Gasteiger partial charge in [0.1, 0.15) is 0 Å². The summed E-state index contributed by atoms with van der Waals surface area (Å²) in [6.07, 6.45) is 3.87. The second-order valence-corrected chi connectivity index (χ2v) is 4.33. The van der Waals surface area contributed by atoms with Crippen LogP contribution in [0.2, 0.25) is 0 Å². The quantitative estimate of drug-likeness (QED) is 0.614. The minimum atomic E-state index is -0.0788. The monoisotopic (exact) mass is 214 g/mol. The van der Waals surface area contributed by atoms with Gasteiger partial charge < -0.3 is 16.2 Å². The fraction of sp³-hybridized carbons (Fsp3) is 0.909. The molecule has 0 aliphatic heterocycles. The van der Waals surface area contributed by atoms with Gasteiger partial charge in [-0.2, -0.15) is 0 Å². The van der Waals surface area contributed by atoms with Crippen LogP contribution < -0.4 is 11.1 Å². The first-order valence-corrected chi connectivity index (χ1v) is 5.84. The number of aliphatic hydroxyl groups is 1. The van der Waals surface area contributed by atoms with Crippen molar-refractivity contribution < 1.29 is 9.90 Å². The normalized spacial score (nSPS) is 27.7. The van der Waals surface area contributed by atoms with Gasteiger partial charge in [-0.15, -0.1) is 0 Å². The van der Waals surface area contributed by atoms with Crippen LogP contribution >= 0.6 is 0 Å². The van der Waals surface area contributed by atoms with Crippen LogP contribution in [-0.2, 0) is 4.79 Å². The van der Waals surface area contributed by atoms with E-state index in [1.165, 1.54) is 0 Å². The molecule has 0 spiro atoms. The number of hydrogen-bond donors (Lipinski definition) is 3. The van der Waals surface area contributed by atoms with Crippen molar-refractivity contribution in [1.82, 2.24) is 5.32 Å². The summed E-state index contributed by atoms with van der Waals surface area (Å²) in [4.78, 5) is 11.8. The van der Waals surface area contributed by atoms with E-state index in [0.717, 1.165) is 25.7 Å². The van der Waals surface area contributed by atoms with Gasteiger partial charge in [0.15, 0.2) is 0 Å². The Morgan fingerprint density at radius 3 is 2.87 bits per heavy atom. The molecule has 1 aliphatic carbocycles. The minimum Gasteiger partial charge on any atom is -0.396 e. The molecular weight excluding hydrogens is 192 g/mol. The lowest BCUT2D eigenvalue weighted by Gasteiger charge is -2.21. The Morgan fingerprint density at radius 2 is 2.33 bits per heavy atom. The van der Waals surface area contributed by atoms with Crippen molar-refractivity contribution in [3.8, 4) is 0 Å². The molecule has 3 atom stereocenters. The number of amides is 1. The molecule has 0 aromatic rings. The molecule has 4 N–H and O–H groups in total. The average molecular weight is 214 g/mol. The summed E-state index contributed by atoms with van der Waals surface area (Å²) in [6, 6.07) is 0.156. The number of hydrogen-bond acceptors (Lipinski definition) is 3. The summed E-state index contributed by atoms with van der Waals surface area (Å²) in [5, 5.41) is 12.1. The summed E-state index contributed by atoms with van der Waals surface area (Å²) in [5.74, 6) is 0.208. The van der Waals surface area contributed by atoms with Gasteiger partial charge >= 0.3 is 0 Å². The van der Waals surface area contributed by atoms with Crippen molar-refractivity contribution in [3.63, 3.8) is 0 Å². The van der Waals surface area contributed by atoms with Crippen LogP contribution in [0.4, 0.5) is 0 Å². The summed E-state index contributed by atoms with van der Waals surface area (Å²) in [5.41, 5.74) is 5.52. The van der Waals surface area contributed by atoms with E-state index in [1.807, 2.05) is 6.92 Å². The van der Waals surface area contributed by atoms with E-state index in [2.05, 4.69) is 5.32 Å². The minimum absolute atomic E-state index is 0.0466. The number of rotatable bonds is 5. The first-order chi connectivity index (χ1) is 7.22. The number of aliphatic hydroxyl groups excluding tert-OH is 1. The Labute approximate surface area is 91.2 Å². The van der Waals surface area contributed by atoms with Crippen molar-refractivity contribution in [2.24, 2.45) is 17.6 Å². The molecule has 4 nitrogen and oxygen atoms in total. The van der Waals surface area contributed by atoms with E-state index in [9.17, 15) is 4.79 Å². The molecule has 1 saturated carbocycles. The smallest absolute Gasteiger partial charge is 0.224 e. The van der Waals surface area contributed by atoms with Crippen LogP contribution in [0, 0.1) is 11.8 Å². The molecule has 0 heterocycles. The van der Waals surface area contributed by atoms with Crippen LogP contribution in [-0.4, -0.2) is 30.2 Å². The Kier molecular flexibility index (Phi) is 5.05. The highest BCUT2D eigenvalue weighted by molar-refractivity contribution is 5.79. The summed E-state index contributed by atoms with van der Waals surface area (Å²) in [6.45, 7) is 2.54. The Balaban J connectivity index is 2.42. The van der Waals surface area contributed by atoms with Crippen LogP contribution in [0.15, 0.2) is 0 Å². The summed E-state index contributed by atoms with van der Waals surface area (Å²) < 4.78 is 0. The predicted molar refractivity (Wildman–Crippen MR) is 59.2 cm³/mol. The van der Waals surface area contributed by atoms with Crippen molar-refractivity contribution in [3.05, 3.63) is 0 Å². The molecule has 15 heavy (non-hydrogen) atoms. The number of nitrogens with two attached hydrogens (primary N) is 1. The standard InChI is InChI=1S/C11H22N2O2/c1-2-8(6-12)11(15)13-10-5-3-4-9(10)7-14/h8-10,14H,2-7,12H2,1H3,(H,13,15). The maximum Gasteiger partial charge on any atom is 0.224 e. The van der Waals surface area contributed by atoms with Crippen LogP contribution in [0.25, 0.3) is 0 Å². The van der Waals surface area contributed by atoms with Gasteiger partial charge in [0.25, 0.3) is 0 Å². The Hall–Kier alpha value is -0.610. The molecule has 0 bridgehead atoms. The van der Waals surface area contributed by atoms with Gasteiger partial charge in [-0.25, -0.2) is 0 Å². The molecule has 0 aromatic heterocycles. The van der Waals surface area contributed by atoms with E-state index in [-0.39, 0.29) is 30.4 Å². The largest absolute Gasteiger partial charge is 0.396 e. The molecule has 4 heteroatoms. The average Bonchev–Trinajstić information content (AvgIpc) is 2.67. The first-order valence-electron chi connectivity index (χ1n) is 5.84. The summed E-state index contributed by atoms with van der Waals surface area (Å²) in [7, 11) is 0. The molecule has 1 fully saturated rings. The lowest BCUT2D eigenvalue weighted by molar-refractivity contribution is -0.125. The van der Waals surface area contributed by atoms with Crippen LogP contribution in [0.3, 0.4) is 0 Å². The van der Waals surface area contributed by atoms with Gasteiger partial charge in [-0.3, -0.25) is 4.79 Å². The highest BCUT2D eigenvalue weighted by atomic mass is 16.3. The second-order valence-electron chi connectivity index (χ2n) is 4.33. The van der Waals surface area contributed by atoms with Crippen molar-refractivity contribution >= 4 is 5.91 Å². The zero-order valence-electron chi connectivity index (χ0n) is 9.41. The molecule has 0 saturated heterocycles. The Bertz CT molecular complexity index is 205. The third-order valence-corrected chi connectivity index (χ3v) is 3.37. The molecule has 0 aromatic carbocycles. The van der Waals surface area contributed by atoms with Crippen molar-refractivity contribution in [1.29, 1.82) is 0 Å². The number of nitrogens with one attached hydrogen (secondary N) is 1. The molecule has 1 aliphatic rings. The van der Waals surface area contributed by atoms with Gasteiger partial charge in [0, 0.05) is 31.0 Å². The fourth-order valence-corrected chi connectivity index (χ4v) is 2.21. The van der Waals surface area contributed by atoms with Gasteiger partial charge in [-0.1, -0.05) is 13.3 Å². The number of carbonyl (C=O) groups excluding carboxylic acids is 1. The maximum absolute atomic E-state index is 11.8. The third kappa shape index (κ3) is 3.18. The van der Waals surface area contributed by atoms with Gasteiger partial charge in [0.05, 0.1) is 0 Å². The highest BCUT2D eigenvalue weighted by Gasteiger charge is 2.29. The maximum atomic E-state index is 11.8. The highest BCUT2D eigenvalue weighted by Crippen LogP contribution is 2.25. The first kappa shape index (κ1) is 12.5. The van der Waals surface area contributed by atoms with E-state index in [0.29, 0.717) is 6.54 Å². The lowest BCUT2D eigenvalue weighted by atomic mass is 10.0. The zero-order chi connectivity index (χ0) is 11.3. The number of carbonyl (C=O) groups is 1. The topological polar surface area (TPSA) is 75.4 Å². The predicted octanol–water partition coefficient (Wildman–Crippen LogP) is 0.249. The van der Waals surface area contributed by atoms with Crippen molar-refractivity contribution in [2.75, 3.05) is 13.2 Å². The van der Waals surface area contributed by atoms with E-state index >= 15 is 0 Å². The van der Waals surface area contributed by atoms with Crippen molar-refractivity contribution in [2.45, 2.75) is 38.6 Å². The molecule has 0 radical (unpaired) electrons. The van der Waals surface area contributed by atoms with E-state index in [4.69, 9.17) is 10.8 Å². The SMILES string of the molecule is CCC(CN)C(=O)NC1CCCC1CO. The van der Waals surface area contributed by atoms with Gasteiger partial charge in [0.2, 0.25) is 5.91 Å². The van der Waals surface area contributed by atoms with E-state index < -0.39 is 0 Å². The fourth-order valence-electron chi connectivity index (χ4n) is 2.21. The third-order valence-electron chi connectivity index (χ3n) is 3.37. The molecular formula is C11H22N2O2. The molecule has 88 valence electrons. The molecule has 3 unspecified atom stereocenters. The zero-order valence-corrected chi connectivity index (χ0v) is 9.41. The van der Waals surface area contributed by atoms with Gasteiger partial charge in [-0.05, 0) is 19.3 Å². The van der Waals surface area contributed by atoms with Crippen LogP contribution in [0.1, 0.15) is 32.6 Å². The molecule has 1 rings (SSSR count). The second kappa shape index (κ2) is 6.08. The summed E-state index contributed by atoms with van der Waals surface area (Å²) >= 11 is 0. The van der Waals surface area contributed by atoms with Crippen LogP contribution in [0.5, 0.6) is 0 Å². The lowest BCUT2D eigenvalue weighted by Crippen LogP contribution is -2.43. The Morgan fingerprint density at radius 1 is 1.60 bits per heavy atom. The van der Waals surface area contributed by atoms with E-state index in [1.54, 1.807) is 0 Å².